The molecule has 0 saturated carbocycles. The van der Waals surface area contributed by atoms with E-state index in [0.29, 0.717) is 27.9 Å². The molecule has 1 aliphatic rings. The van der Waals surface area contributed by atoms with Crippen molar-refractivity contribution in [3.63, 3.8) is 0 Å². The van der Waals surface area contributed by atoms with Crippen molar-refractivity contribution in [3.05, 3.63) is 91.8 Å². The molecule has 3 heterocycles. The summed E-state index contributed by atoms with van der Waals surface area (Å²) in [6, 6.07) is 11.5. The lowest BCUT2D eigenvalue weighted by molar-refractivity contribution is -0.116. The summed E-state index contributed by atoms with van der Waals surface area (Å²) in [5.41, 5.74) is 3.95. The Morgan fingerprint density at radius 3 is 2.48 bits per heavy atom. The topological polar surface area (TPSA) is 137 Å². The number of carbonyl (C=O) groups is 3. The van der Waals surface area contributed by atoms with Gasteiger partial charge in [0.05, 0.1) is 31.4 Å². The molecule has 5 rings (SSSR count). The molecular formula is C35H35ClN6O5S. The minimum Gasteiger partial charge on any atom is -0.465 e. The fourth-order valence-corrected chi connectivity index (χ4v) is 6.44. The lowest BCUT2D eigenvalue weighted by Gasteiger charge is -2.19. The minimum atomic E-state index is -0.663. The van der Waals surface area contributed by atoms with Crippen molar-refractivity contribution in [1.82, 2.24) is 20.1 Å². The first-order valence-electron chi connectivity index (χ1n) is 15.1. The lowest BCUT2D eigenvalue weighted by atomic mass is 9.99. The van der Waals surface area contributed by atoms with Gasteiger partial charge in [0.1, 0.15) is 22.5 Å². The molecule has 48 heavy (non-hydrogen) atoms. The van der Waals surface area contributed by atoms with Gasteiger partial charge in [0.25, 0.3) is 0 Å². The first-order chi connectivity index (χ1) is 22.8. The largest absolute Gasteiger partial charge is 0.465 e. The van der Waals surface area contributed by atoms with Gasteiger partial charge in [-0.3, -0.25) is 14.4 Å². The quantitative estimate of drug-likeness (QED) is 0.175. The van der Waals surface area contributed by atoms with Gasteiger partial charge < -0.3 is 20.1 Å². The highest BCUT2D eigenvalue weighted by molar-refractivity contribution is 7.15. The number of rotatable bonds is 6. The summed E-state index contributed by atoms with van der Waals surface area (Å²) < 4.78 is 12.1. The number of aliphatic imine (C=N–C) groups is 1. The summed E-state index contributed by atoms with van der Waals surface area (Å²) in [7, 11) is 1.27. The second-order valence-corrected chi connectivity index (χ2v) is 13.7. The molecule has 0 unspecified atom stereocenters. The Bertz CT molecular complexity index is 2000. The molecule has 2 amide bonds. The Morgan fingerprint density at radius 1 is 1.06 bits per heavy atom. The second-order valence-electron chi connectivity index (χ2n) is 12.1. The van der Waals surface area contributed by atoms with Gasteiger partial charge in [-0.2, -0.15) is 0 Å². The highest BCUT2D eigenvalue weighted by Crippen LogP contribution is 2.39. The SMILES string of the molecule is COC(=O)c1ccc(NC(=O)C[C@@H]2N=C(c3ccc(Cl)cc3)c3c(sc(C)c3C)-n3c(C)nnc32)cc1C#CCNC(=O)OC(C)(C)C. The first kappa shape index (κ1) is 34.3. The molecule has 0 aliphatic carbocycles. The standard InChI is InChI=1S/C35H35ClN6O5S/c1-19-20(2)48-32-29(19)30(22-10-12-24(36)13-11-22)39-27(31-41-40-21(3)42(31)32)18-28(43)38-25-14-15-26(33(44)46-7)23(17-25)9-8-16-37-34(45)47-35(4,5)6/h10-15,17,27H,16,18H2,1-7H3,(H,37,45)(H,38,43)/t27-/m0/s1. The highest BCUT2D eigenvalue weighted by Gasteiger charge is 2.32. The third-order valence-electron chi connectivity index (χ3n) is 7.39. The maximum atomic E-state index is 13.6. The summed E-state index contributed by atoms with van der Waals surface area (Å²) in [5.74, 6) is 6.02. The van der Waals surface area contributed by atoms with Gasteiger partial charge in [-0.1, -0.05) is 35.6 Å². The molecular weight excluding hydrogens is 652 g/mol. The number of fused-ring (bicyclic) bond motifs is 3. The number of anilines is 1. The van der Waals surface area contributed by atoms with Gasteiger partial charge in [0.15, 0.2) is 5.82 Å². The van der Waals surface area contributed by atoms with E-state index in [4.69, 9.17) is 26.1 Å². The van der Waals surface area contributed by atoms with Crippen LogP contribution in [-0.4, -0.2) is 57.7 Å². The molecule has 2 aromatic carbocycles. The van der Waals surface area contributed by atoms with Gasteiger partial charge in [0.2, 0.25) is 5.91 Å². The number of nitrogens with zero attached hydrogens (tertiary/aromatic N) is 4. The number of hydrogen-bond donors (Lipinski definition) is 2. The van der Waals surface area contributed by atoms with E-state index in [1.54, 1.807) is 44.2 Å². The number of carbonyl (C=O) groups excluding carboxylic acids is 3. The maximum absolute atomic E-state index is 13.6. The number of halogens is 1. The molecule has 0 bridgehead atoms. The van der Waals surface area contributed by atoms with Crippen LogP contribution in [0.1, 0.15) is 82.4 Å². The highest BCUT2D eigenvalue weighted by atomic mass is 35.5. The molecule has 11 nitrogen and oxygen atoms in total. The Morgan fingerprint density at radius 2 is 1.79 bits per heavy atom. The predicted octanol–water partition coefficient (Wildman–Crippen LogP) is 6.49. The number of esters is 1. The Balaban J connectivity index is 1.44. The lowest BCUT2D eigenvalue weighted by Crippen LogP contribution is -2.32. The van der Waals surface area contributed by atoms with Gasteiger partial charge in [-0.15, -0.1) is 21.5 Å². The maximum Gasteiger partial charge on any atom is 0.408 e. The Hall–Kier alpha value is -4.99. The average Bonchev–Trinajstić information content (AvgIpc) is 3.50. The Labute approximate surface area is 287 Å². The number of amides is 2. The van der Waals surface area contributed by atoms with E-state index in [1.807, 2.05) is 35.8 Å². The molecule has 0 spiro atoms. The van der Waals surface area contributed by atoms with Crippen LogP contribution in [0, 0.1) is 32.6 Å². The van der Waals surface area contributed by atoms with Gasteiger partial charge in [-0.25, -0.2) is 9.59 Å². The number of nitrogens with one attached hydrogen (secondary N) is 2. The Kier molecular flexibility index (Phi) is 10.0. The third-order valence-corrected chi connectivity index (χ3v) is 8.83. The van der Waals surface area contributed by atoms with Crippen molar-refractivity contribution in [2.45, 2.75) is 59.6 Å². The average molecular weight is 687 g/mol. The van der Waals surface area contributed by atoms with Gasteiger partial charge in [0, 0.05) is 32.3 Å². The fourth-order valence-electron chi connectivity index (χ4n) is 5.10. The monoisotopic (exact) mass is 686 g/mol. The van der Waals surface area contributed by atoms with Crippen LogP contribution in [0.15, 0.2) is 47.5 Å². The molecule has 4 aromatic rings. The van der Waals surface area contributed by atoms with Crippen LogP contribution in [0.2, 0.25) is 5.02 Å². The van der Waals surface area contributed by atoms with Crippen LogP contribution in [0.25, 0.3) is 5.00 Å². The van der Waals surface area contributed by atoms with Crippen molar-refractivity contribution in [1.29, 1.82) is 0 Å². The van der Waals surface area contributed by atoms with Crippen LogP contribution >= 0.6 is 22.9 Å². The van der Waals surface area contributed by atoms with Crippen molar-refractivity contribution < 1.29 is 23.9 Å². The molecule has 2 aromatic heterocycles. The van der Waals surface area contributed by atoms with Crippen LogP contribution < -0.4 is 10.6 Å². The van der Waals surface area contributed by atoms with Crippen molar-refractivity contribution >= 4 is 52.3 Å². The molecule has 0 saturated heterocycles. The molecule has 0 fully saturated rings. The fraction of sp³-hybridized carbons (Fsp3) is 0.314. The number of thiophene rings is 1. The number of ether oxygens (including phenoxy) is 2. The zero-order chi connectivity index (χ0) is 34.7. The van der Waals surface area contributed by atoms with E-state index in [0.717, 1.165) is 32.3 Å². The van der Waals surface area contributed by atoms with Crippen LogP contribution in [-0.2, 0) is 14.3 Å². The van der Waals surface area contributed by atoms with Crippen molar-refractivity contribution in [2.75, 3.05) is 19.0 Å². The van der Waals surface area contributed by atoms with Crippen molar-refractivity contribution in [3.8, 4) is 16.8 Å². The van der Waals surface area contributed by atoms with Crippen LogP contribution in [0.3, 0.4) is 0 Å². The molecule has 13 heteroatoms. The number of hydrogen-bond acceptors (Lipinski definition) is 9. The molecule has 0 radical (unpaired) electrons. The normalized spacial score (nSPS) is 13.6. The van der Waals surface area contributed by atoms with E-state index in [9.17, 15) is 14.4 Å². The van der Waals surface area contributed by atoms with Gasteiger partial charge >= 0.3 is 12.1 Å². The predicted molar refractivity (Wildman–Crippen MR) is 185 cm³/mol. The van der Waals surface area contributed by atoms with E-state index < -0.39 is 23.7 Å². The molecule has 2 N–H and O–H groups in total. The van der Waals surface area contributed by atoms with E-state index in [2.05, 4.69) is 46.5 Å². The van der Waals surface area contributed by atoms with Crippen molar-refractivity contribution in [2.24, 2.45) is 4.99 Å². The zero-order valence-electron chi connectivity index (χ0n) is 27.6. The van der Waals surface area contributed by atoms with E-state index in [1.165, 1.54) is 13.2 Å². The van der Waals surface area contributed by atoms with Gasteiger partial charge in [-0.05, 0) is 77.4 Å². The second kappa shape index (κ2) is 14.0. The van der Waals surface area contributed by atoms with Crippen LogP contribution in [0.4, 0.5) is 10.5 Å². The molecule has 248 valence electrons. The number of aromatic nitrogens is 3. The molecule has 1 atom stereocenters. The first-order valence-corrected chi connectivity index (χ1v) is 16.3. The summed E-state index contributed by atoms with van der Waals surface area (Å²) in [6.45, 7) is 11.3. The minimum absolute atomic E-state index is 0.0215. The van der Waals surface area contributed by atoms with E-state index >= 15 is 0 Å². The van der Waals surface area contributed by atoms with Crippen LogP contribution in [0.5, 0.6) is 0 Å². The number of aryl methyl sites for hydroxylation is 2. The number of benzene rings is 2. The summed E-state index contributed by atoms with van der Waals surface area (Å²) in [5, 5.41) is 15.8. The zero-order valence-corrected chi connectivity index (χ0v) is 29.2. The smallest absolute Gasteiger partial charge is 0.408 e. The summed E-state index contributed by atoms with van der Waals surface area (Å²) >= 11 is 7.85. The summed E-state index contributed by atoms with van der Waals surface area (Å²) in [6.07, 6.45) is -0.653. The number of methoxy groups -OCH3 is 1. The summed E-state index contributed by atoms with van der Waals surface area (Å²) in [4.78, 5) is 44.4. The molecule has 1 aliphatic heterocycles. The van der Waals surface area contributed by atoms with E-state index in [-0.39, 0.29) is 24.4 Å². The number of alkyl carbamates (subject to hydrolysis) is 1. The third kappa shape index (κ3) is 7.59.